The molecule has 1 aliphatic heterocycles. The van der Waals surface area contributed by atoms with Gasteiger partial charge < -0.3 is 4.74 Å². The topological polar surface area (TPSA) is 35.1 Å². The summed E-state index contributed by atoms with van der Waals surface area (Å²) in [4.78, 5) is 12.7. The summed E-state index contributed by atoms with van der Waals surface area (Å²) < 4.78 is 22.6. The summed E-state index contributed by atoms with van der Waals surface area (Å²) in [5, 5.41) is 0. The minimum absolute atomic E-state index is 0.0589. The van der Waals surface area contributed by atoms with Crippen molar-refractivity contribution >= 4 is 5.78 Å². The number of hydrogen-bond donors (Lipinski definition) is 0. The predicted octanol–water partition coefficient (Wildman–Crippen LogP) is 3.42. The van der Waals surface area contributed by atoms with Gasteiger partial charge in [-0.15, -0.1) is 0 Å². The average Bonchev–Trinajstić information content (AvgIpc) is 3.26. The highest BCUT2D eigenvalue weighted by Gasteiger charge is 2.29. The Labute approximate surface area is 151 Å². The summed E-state index contributed by atoms with van der Waals surface area (Å²) in [6.45, 7) is 1.22. The van der Waals surface area contributed by atoms with Crippen LogP contribution in [0.3, 0.4) is 0 Å². The molecule has 0 N–H and O–H groups in total. The van der Waals surface area contributed by atoms with Gasteiger partial charge >= 0.3 is 0 Å². The van der Waals surface area contributed by atoms with Crippen LogP contribution in [0.1, 0.15) is 22.6 Å². The first-order valence-corrected chi connectivity index (χ1v) is 8.71. The van der Waals surface area contributed by atoms with Gasteiger partial charge in [-0.05, 0) is 55.0 Å². The number of rotatable bonds is 5. The van der Waals surface area contributed by atoms with Gasteiger partial charge in [0.05, 0.1) is 20.1 Å². The summed E-state index contributed by atoms with van der Waals surface area (Å²) in [5.74, 6) is 1.69. The number of fused-ring (bicyclic) bond motifs is 1. The molecule has 1 aromatic heterocycles. The highest BCUT2D eigenvalue weighted by atomic mass is 19.1. The number of nitrogens with zero attached hydrogens (tertiary/aromatic N) is 2. The van der Waals surface area contributed by atoms with Gasteiger partial charge in [-0.1, -0.05) is 0 Å². The van der Waals surface area contributed by atoms with Crippen molar-refractivity contribution in [3.05, 3.63) is 71.9 Å². The fourth-order valence-corrected chi connectivity index (χ4v) is 3.52. The van der Waals surface area contributed by atoms with E-state index in [1.54, 1.807) is 43.5 Å². The van der Waals surface area contributed by atoms with E-state index in [4.69, 9.17) is 4.74 Å². The highest BCUT2D eigenvalue weighted by molar-refractivity contribution is 5.95. The lowest BCUT2D eigenvalue weighted by Gasteiger charge is -2.02. The van der Waals surface area contributed by atoms with Gasteiger partial charge in [0, 0.05) is 11.1 Å². The van der Waals surface area contributed by atoms with Crippen molar-refractivity contribution in [3.63, 3.8) is 0 Å². The third-order valence-electron chi connectivity index (χ3n) is 4.86. The standard InChI is InChI=1S/C21H20FN2O2/c1-26-18-10-6-16(7-11-18)20(25)14-23-13-19(24-12-2-3-21(23)24)15-4-8-17(22)9-5-15/h4-11,13H,2-3,12,14H2,1H3/q+1. The second-order valence-electron chi connectivity index (χ2n) is 6.47. The lowest BCUT2D eigenvalue weighted by Crippen LogP contribution is -2.40. The van der Waals surface area contributed by atoms with E-state index in [0.29, 0.717) is 12.1 Å². The van der Waals surface area contributed by atoms with Gasteiger partial charge in [0.15, 0.2) is 12.2 Å². The van der Waals surface area contributed by atoms with Crippen molar-refractivity contribution in [3.8, 4) is 17.0 Å². The number of aromatic nitrogens is 2. The van der Waals surface area contributed by atoms with Crippen LogP contribution in [0.15, 0.2) is 54.7 Å². The lowest BCUT2D eigenvalue weighted by atomic mass is 10.1. The Bertz CT molecular complexity index is 943. The zero-order valence-corrected chi connectivity index (χ0v) is 14.6. The number of carbonyl (C=O) groups is 1. The Morgan fingerprint density at radius 2 is 1.88 bits per heavy atom. The number of Topliss-reactive ketones (excluding diaryl/α,β-unsaturated/α-hetero) is 1. The van der Waals surface area contributed by atoms with E-state index < -0.39 is 0 Å². The third-order valence-corrected chi connectivity index (χ3v) is 4.86. The monoisotopic (exact) mass is 351 g/mol. The number of ketones is 1. The van der Waals surface area contributed by atoms with Gasteiger partial charge in [0.25, 0.3) is 5.82 Å². The van der Waals surface area contributed by atoms with Crippen molar-refractivity contribution in [1.82, 2.24) is 4.57 Å². The van der Waals surface area contributed by atoms with Gasteiger partial charge in [-0.2, -0.15) is 0 Å². The van der Waals surface area contributed by atoms with E-state index in [1.807, 2.05) is 10.8 Å². The Morgan fingerprint density at radius 3 is 2.58 bits per heavy atom. The Hall–Kier alpha value is -2.95. The molecule has 0 spiro atoms. The number of methoxy groups -OCH3 is 1. The summed E-state index contributed by atoms with van der Waals surface area (Å²) in [5.41, 5.74) is 2.66. The normalized spacial score (nSPS) is 12.8. The first-order valence-electron chi connectivity index (χ1n) is 8.71. The minimum Gasteiger partial charge on any atom is -0.497 e. The smallest absolute Gasteiger partial charge is 0.257 e. The highest BCUT2D eigenvalue weighted by Crippen LogP contribution is 2.25. The van der Waals surface area contributed by atoms with Crippen LogP contribution in [0.2, 0.25) is 0 Å². The van der Waals surface area contributed by atoms with Gasteiger partial charge in [0.2, 0.25) is 5.78 Å². The largest absolute Gasteiger partial charge is 0.497 e. The second-order valence-corrected chi connectivity index (χ2v) is 6.47. The second kappa shape index (κ2) is 6.75. The van der Waals surface area contributed by atoms with Crippen molar-refractivity contribution in [2.45, 2.75) is 25.9 Å². The molecule has 0 fully saturated rings. The van der Waals surface area contributed by atoms with E-state index >= 15 is 0 Å². The molecule has 5 heteroatoms. The summed E-state index contributed by atoms with van der Waals surface area (Å²) >= 11 is 0. The first kappa shape index (κ1) is 16.5. The van der Waals surface area contributed by atoms with Crippen LogP contribution in [-0.4, -0.2) is 17.5 Å². The molecule has 0 unspecified atom stereocenters. The lowest BCUT2D eigenvalue weighted by molar-refractivity contribution is -0.689. The van der Waals surface area contributed by atoms with Crippen molar-refractivity contribution in [2.24, 2.45) is 0 Å². The maximum absolute atomic E-state index is 13.2. The fraction of sp³-hybridized carbons (Fsp3) is 0.238. The number of ether oxygens (including phenoxy) is 1. The van der Waals surface area contributed by atoms with Crippen LogP contribution >= 0.6 is 0 Å². The molecule has 0 radical (unpaired) electrons. The maximum atomic E-state index is 13.2. The fourth-order valence-electron chi connectivity index (χ4n) is 3.52. The quantitative estimate of drug-likeness (QED) is 0.521. The van der Waals surface area contributed by atoms with Crippen molar-refractivity contribution in [1.29, 1.82) is 0 Å². The van der Waals surface area contributed by atoms with Crippen LogP contribution in [0, 0.1) is 5.82 Å². The molecule has 0 atom stereocenters. The molecule has 1 aliphatic rings. The van der Waals surface area contributed by atoms with E-state index in [9.17, 15) is 9.18 Å². The van der Waals surface area contributed by atoms with E-state index in [1.165, 1.54) is 12.1 Å². The van der Waals surface area contributed by atoms with Gasteiger partial charge in [0.1, 0.15) is 17.8 Å². The SMILES string of the molecule is COc1ccc(C(=O)C[n+]2cc(-c3ccc(F)cc3)n3c2CCC3)cc1. The molecule has 3 aromatic rings. The Kier molecular flexibility index (Phi) is 4.29. The number of benzene rings is 2. The van der Waals surface area contributed by atoms with Crippen LogP contribution < -0.4 is 9.30 Å². The summed E-state index contributed by atoms with van der Waals surface area (Å²) in [6, 6.07) is 13.7. The maximum Gasteiger partial charge on any atom is 0.257 e. The van der Waals surface area contributed by atoms with Crippen molar-refractivity contribution in [2.75, 3.05) is 7.11 Å². The zero-order valence-electron chi connectivity index (χ0n) is 14.6. The van der Waals surface area contributed by atoms with Gasteiger partial charge in [-0.3, -0.25) is 4.79 Å². The van der Waals surface area contributed by atoms with Crippen LogP contribution in [0.4, 0.5) is 4.39 Å². The van der Waals surface area contributed by atoms with Gasteiger partial charge in [-0.25, -0.2) is 13.5 Å². The molecule has 0 bridgehead atoms. The molecule has 4 nitrogen and oxygen atoms in total. The molecular formula is C21H20FN2O2+. The molecule has 2 aromatic carbocycles. The van der Waals surface area contributed by atoms with E-state index in [2.05, 4.69) is 4.57 Å². The van der Waals surface area contributed by atoms with Crippen LogP contribution in [-0.2, 0) is 19.5 Å². The molecule has 0 saturated carbocycles. The number of halogens is 1. The molecule has 132 valence electrons. The zero-order chi connectivity index (χ0) is 18.1. The summed E-state index contributed by atoms with van der Waals surface area (Å²) in [6.07, 6.45) is 4.00. The molecule has 26 heavy (non-hydrogen) atoms. The Morgan fingerprint density at radius 1 is 1.15 bits per heavy atom. The van der Waals surface area contributed by atoms with E-state index in [0.717, 1.165) is 42.2 Å². The average molecular weight is 351 g/mol. The van der Waals surface area contributed by atoms with Crippen molar-refractivity contribution < 1.29 is 18.5 Å². The number of imidazole rings is 1. The Balaban J connectivity index is 1.63. The molecule has 0 saturated heterocycles. The predicted molar refractivity (Wildman–Crippen MR) is 95.7 cm³/mol. The number of carbonyl (C=O) groups excluding carboxylic acids is 1. The van der Waals surface area contributed by atoms with Crippen LogP contribution in [0.5, 0.6) is 5.75 Å². The molecule has 4 rings (SSSR count). The van der Waals surface area contributed by atoms with E-state index in [-0.39, 0.29) is 11.6 Å². The number of hydrogen-bond acceptors (Lipinski definition) is 2. The molecule has 0 aliphatic carbocycles. The van der Waals surface area contributed by atoms with Crippen LogP contribution in [0.25, 0.3) is 11.3 Å². The molecular weight excluding hydrogens is 331 g/mol. The third kappa shape index (κ3) is 3.01. The molecule has 2 heterocycles. The first-order chi connectivity index (χ1) is 12.7. The minimum atomic E-state index is -0.246. The molecule has 0 amide bonds. The summed E-state index contributed by atoms with van der Waals surface area (Å²) in [7, 11) is 1.61.